The zero-order valence-electron chi connectivity index (χ0n) is 9.45. The van der Waals surface area contributed by atoms with Crippen molar-refractivity contribution in [2.45, 2.75) is 12.8 Å². The van der Waals surface area contributed by atoms with Crippen LogP contribution in [0.5, 0.6) is 0 Å². The third kappa shape index (κ3) is 2.06. The van der Waals surface area contributed by atoms with Crippen molar-refractivity contribution in [3.63, 3.8) is 0 Å². The van der Waals surface area contributed by atoms with Crippen LogP contribution in [0.4, 0.5) is 0 Å². The summed E-state index contributed by atoms with van der Waals surface area (Å²) in [4.78, 5) is 0. The normalized spacial score (nSPS) is 10.2. The lowest BCUT2D eigenvalue weighted by atomic mass is 9.97. The highest BCUT2D eigenvalue weighted by Crippen LogP contribution is 2.21. The maximum absolute atomic E-state index is 3.81. The van der Waals surface area contributed by atoms with Gasteiger partial charge in [-0.05, 0) is 34.7 Å². The predicted octanol–water partition coefficient (Wildman–Crippen LogP) is 4.30. The Morgan fingerprint density at radius 2 is 1.25 bits per heavy atom. The number of allylic oxidation sites excluding steroid dienone is 2. The van der Waals surface area contributed by atoms with Crippen LogP contribution in [0.15, 0.2) is 61.7 Å². The number of fused-ring (bicyclic) bond motifs is 1. The molecule has 16 heavy (non-hydrogen) atoms. The minimum absolute atomic E-state index is 0.925. The molecule has 0 saturated carbocycles. The largest absolute Gasteiger partial charge is 0.103 e. The molecule has 0 bridgehead atoms. The summed E-state index contributed by atoms with van der Waals surface area (Å²) in [5, 5.41) is 2.60. The second-order valence-corrected chi connectivity index (χ2v) is 3.95. The Hall–Kier alpha value is -1.82. The molecule has 2 rings (SSSR count). The van der Waals surface area contributed by atoms with Gasteiger partial charge in [-0.1, -0.05) is 48.6 Å². The Bertz CT molecular complexity index is 472. The van der Waals surface area contributed by atoms with Gasteiger partial charge in [0.05, 0.1) is 0 Å². The molecule has 2 aromatic carbocycles. The molecule has 0 saturated heterocycles. The lowest BCUT2D eigenvalue weighted by Crippen LogP contribution is -1.92. The number of rotatable bonds is 4. The van der Waals surface area contributed by atoms with Crippen molar-refractivity contribution in [3.05, 3.63) is 72.8 Å². The number of hydrogen-bond acceptors (Lipinski definition) is 0. The molecule has 0 amide bonds. The Labute approximate surface area is 96.9 Å². The first-order valence-corrected chi connectivity index (χ1v) is 5.57. The van der Waals surface area contributed by atoms with Gasteiger partial charge in [-0.3, -0.25) is 0 Å². The lowest BCUT2D eigenvalue weighted by molar-refractivity contribution is 1.16. The molecule has 0 heterocycles. The Balaban J connectivity index is 2.60. The molecule has 0 N–H and O–H groups in total. The van der Waals surface area contributed by atoms with Gasteiger partial charge in [0.2, 0.25) is 0 Å². The molecule has 0 heteroatoms. The van der Waals surface area contributed by atoms with Crippen LogP contribution < -0.4 is 0 Å². The highest BCUT2D eigenvalue weighted by molar-refractivity contribution is 5.84. The van der Waals surface area contributed by atoms with E-state index in [2.05, 4.69) is 49.6 Å². The summed E-state index contributed by atoms with van der Waals surface area (Å²) >= 11 is 0. The third-order valence-electron chi connectivity index (χ3n) is 2.80. The van der Waals surface area contributed by atoms with E-state index in [1.807, 2.05) is 12.2 Å². The highest BCUT2D eigenvalue weighted by Gasteiger charge is 2.02. The minimum atomic E-state index is 0.925. The van der Waals surface area contributed by atoms with Crippen LogP contribution >= 0.6 is 0 Å². The van der Waals surface area contributed by atoms with Crippen LogP contribution in [0, 0.1) is 0 Å². The standard InChI is InChI=1S/C16H16/c1-3-7-13-11-15-9-5-6-10-16(15)12-14(13)8-4-2/h3-6,9-12H,1-2,7-8H2. The van der Waals surface area contributed by atoms with Gasteiger partial charge in [0.25, 0.3) is 0 Å². The van der Waals surface area contributed by atoms with E-state index in [9.17, 15) is 0 Å². The molecule has 0 aliphatic rings. The van der Waals surface area contributed by atoms with Crippen molar-refractivity contribution in [3.8, 4) is 0 Å². The summed E-state index contributed by atoms with van der Waals surface area (Å²) in [5.74, 6) is 0. The molecular weight excluding hydrogens is 192 g/mol. The van der Waals surface area contributed by atoms with Crippen LogP contribution in [-0.2, 0) is 12.8 Å². The molecule has 2 aromatic rings. The molecule has 0 nitrogen and oxygen atoms in total. The van der Waals surface area contributed by atoms with Crippen molar-refractivity contribution >= 4 is 10.8 Å². The number of benzene rings is 2. The second kappa shape index (κ2) is 4.80. The molecule has 0 radical (unpaired) electrons. The average molecular weight is 208 g/mol. The first kappa shape index (κ1) is 10.7. The maximum atomic E-state index is 3.81. The van der Waals surface area contributed by atoms with Crippen molar-refractivity contribution in [1.29, 1.82) is 0 Å². The topological polar surface area (TPSA) is 0 Å². The third-order valence-corrected chi connectivity index (χ3v) is 2.80. The molecule has 80 valence electrons. The van der Waals surface area contributed by atoms with E-state index in [1.165, 1.54) is 21.9 Å². The first-order chi connectivity index (χ1) is 7.85. The van der Waals surface area contributed by atoms with E-state index in [-0.39, 0.29) is 0 Å². The summed E-state index contributed by atoms with van der Waals surface area (Å²) < 4.78 is 0. The molecule has 0 aromatic heterocycles. The van der Waals surface area contributed by atoms with Crippen molar-refractivity contribution in [2.75, 3.05) is 0 Å². The average Bonchev–Trinajstić information content (AvgIpc) is 2.30. The smallest absolute Gasteiger partial charge is 0.00971 e. The van der Waals surface area contributed by atoms with Crippen molar-refractivity contribution < 1.29 is 0 Å². The van der Waals surface area contributed by atoms with Crippen molar-refractivity contribution in [1.82, 2.24) is 0 Å². The van der Waals surface area contributed by atoms with Crippen LogP contribution in [0.25, 0.3) is 10.8 Å². The first-order valence-electron chi connectivity index (χ1n) is 5.57. The fraction of sp³-hybridized carbons (Fsp3) is 0.125. The number of hydrogen-bond donors (Lipinski definition) is 0. The van der Waals surface area contributed by atoms with Crippen LogP contribution in [0.1, 0.15) is 11.1 Å². The molecule has 0 aliphatic heterocycles. The Morgan fingerprint density at radius 1 is 0.812 bits per heavy atom. The minimum Gasteiger partial charge on any atom is -0.103 e. The van der Waals surface area contributed by atoms with Gasteiger partial charge in [0.15, 0.2) is 0 Å². The van der Waals surface area contributed by atoms with Crippen LogP contribution in [0.3, 0.4) is 0 Å². The van der Waals surface area contributed by atoms with E-state index in [0.29, 0.717) is 0 Å². The van der Waals surface area contributed by atoms with Crippen LogP contribution in [0.2, 0.25) is 0 Å². The van der Waals surface area contributed by atoms with Crippen molar-refractivity contribution in [2.24, 2.45) is 0 Å². The summed E-state index contributed by atoms with van der Waals surface area (Å²) in [6.07, 6.45) is 5.76. The highest BCUT2D eigenvalue weighted by atomic mass is 14.1. The van der Waals surface area contributed by atoms with Gasteiger partial charge >= 0.3 is 0 Å². The molecule has 0 aliphatic carbocycles. The predicted molar refractivity (Wildman–Crippen MR) is 71.8 cm³/mol. The monoisotopic (exact) mass is 208 g/mol. The van der Waals surface area contributed by atoms with E-state index < -0.39 is 0 Å². The summed E-state index contributed by atoms with van der Waals surface area (Å²) in [6, 6.07) is 13.0. The fourth-order valence-corrected chi connectivity index (χ4v) is 2.03. The Morgan fingerprint density at radius 3 is 1.62 bits per heavy atom. The molecule has 0 spiro atoms. The zero-order valence-corrected chi connectivity index (χ0v) is 9.45. The summed E-state index contributed by atoms with van der Waals surface area (Å²) in [6.45, 7) is 7.62. The summed E-state index contributed by atoms with van der Waals surface area (Å²) in [5.41, 5.74) is 2.71. The molecular formula is C16H16. The molecule has 0 unspecified atom stereocenters. The zero-order chi connectivity index (χ0) is 11.4. The van der Waals surface area contributed by atoms with Crippen LogP contribution in [-0.4, -0.2) is 0 Å². The van der Waals surface area contributed by atoms with Gasteiger partial charge in [-0.25, -0.2) is 0 Å². The van der Waals surface area contributed by atoms with Gasteiger partial charge in [0, 0.05) is 0 Å². The quantitative estimate of drug-likeness (QED) is 0.657. The molecule has 0 fully saturated rings. The van der Waals surface area contributed by atoms with E-state index >= 15 is 0 Å². The lowest BCUT2D eigenvalue weighted by Gasteiger charge is -2.08. The Kier molecular flexibility index (Phi) is 3.21. The summed E-state index contributed by atoms with van der Waals surface area (Å²) in [7, 11) is 0. The van der Waals surface area contributed by atoms with E-state index in [4.69, 9.17) is 0 Å². The van der Waals surface area contributed by atoms with Gasteiger partial charge < -0.3 is 0 Å². The van der Waals surface area contributed by atoms with Gasteiger partial charge in [-0.2, -0.15) is 0 Å². The van der Waals surface area contributed by atoms with E-state index in [0.717, 1.165) is 12.8 Å². The van der Waals surface area contributed by atoms with Gasteiger partial charge in [0.1, 0.15) is 0 Å². The second-order valence-electron chi connectivity index (χ2n) is 3.95. The van der Waals surface area contributed by atoms with E-state index in [1.54, 1.807) is 0 Å². The fourth-order valence-electron chi connectivity index (χ4n) is 2.03. The van der Waals surface area contributed by atoms with Gasteiger partial charge in [-0.15, -0.1) is 13.2 Å². The maximum Gasteiger partial charge on any atom is -0.00971 e. The molecule has 0 atom stereocenters. The SMILES string of the molecule is C=CCc1cc2ccccc2cc1CC=C.